The van der Waals surface area contributed by atoms with Gasteiger partial charge >= 0.3 is 5.97 Å². The maximum atomic E-state index is 12.4. The van der Waals surface area contributed by atoms with Crippen LogP contribution in [-0.2, 0) is 9.59 Å². The van der Waals surface area contributed by atoms with E-state index in [4.69, 9.17) is 5.11 Å². The van der Waals surface area contributed by atoms with Crippen LogP contribution in [0.15, 0.2) is 0 Å². The molecular weight excluding hydrogens is 342 g/mol. The molecule has 1 amide bonds. The van der Waals surface area contributed by atoms with Crippen molar-refractivity contribution in [3.05, 3.63) is 0 Å². The van der Waals surface area contributed by atoms with E-state index in [9.17, 15) is 9.59 Å². The number of likely N-dealkylation sites (N-methyl/N-ethyl adjacent to an activating group) is 2. The summed E-state index contributed by atoms with van der Waals surface area (Å²) in [5, 5.41) is 8.99. The first-order valence-corrected chi connectivity index (χ1v) is 9.18. The van der Waals surface area contributed by atoms with Gasteiger partial charge in [0.15, 0.2) is 0 Å². The van der Waals surface area contributed by atoms with E-state index in [2.05, 4.69) is 25.7 Å². The standard InChI is InChI=1S/C18H35N3O3.ClH/c1-6-21(13-18(23)24)16-7-9-20(10-8-16)12-17(22)19(5)15(4)11-14(2)3;/h14-16H,6-13H2,1-5H3,(H,23,24);1H. The molecule has 1 aliphatic heterocycles. The lowest BCUT2D eigenvalue weighted by molar-refractivity contribution is -0.139. The average Bonchev–Trinajstić information content (AvgIpc) is 2.51. The molecule has 0 saturated carbocycles. The molecule has 0 aromatic heterocycles. The zero-order valence-electron chi connectivity index (χ0n) is 16.4. The number of hydrogen-bond acceptors (Lipinski definition) is 4. The predicted molar refractivity (Wildman–Crippen MR) is 103 cm³/mol. The minimum Gasteiger partial charge on any atom is -0.480 e. The normalized spacial score (nSPS) is 17.4. The topological polar surface area (TPSA) is 64.1 Å². The Morgan fingerprint density at radius 3 is 2.20 bits per heavy atom. The molecule has 1 rings (SSSR count). The number of carbonyl (C=O) groups is 2. The number of nitrogens with zero attached hydrogens (tertiary/aromatic N) is 3. The first-order chi connectivity index (χ1) is 11.2. The fraction of sp³-hybridized carbons (Fsp3) is 0.889. The smallest absolute Gasteiger partial charge is 0.317 e. The molecule has 0 radical (unpaired) electrons. The predicted octanol–water partition coefficient (Wildman–Crippen LogP) is 2.17. The minimum absolute atomic E-state index is 0. The van der Waals surface area contributed by atoms with Gasteiger partial charge in [0.05, 0.1) is 13.1 Å². The summed E-state index contributed by atoms with van der Waals surface area (Å²) in [6.45, 7) is 11.5. The molecule has 0 bridgehead atoms. The SMILES string of the molecule is CCN(CC(=O)O)C1CCN(CC(=O)N(C)C(C)CC(C)C)CC1.Cl. The average molecular weight is 378 g/mol. The molecule has 1 atom stereocenters. The van der Waals surface area contributed by atoms with Crippen LogP contribution in [0.3, 0.4) is 0 Å². The molecule has 6 nitrogen and oxygen atoms in total. The van der Waals surface area contributed by atoms with Gasteiger partial charge in [0.1, 0.15) is 0 Å². The lowest BCUT2D eigenvalue weighted by atomic mass is 10.0. The van der Waals surface area contributed by atoms with Gasteiger partial charge in [-0.05, 0) is 38.6 Å². The quantitative estimate of drug-likeness (QED) is 0.667. The zero-order valence-corrected chi connectivity index (χ0v) is 17.2. The van der Waals surface area contributed by atoms with Crippen LogP contribution in [0, 0.1) is 5.92 Å². The van der Waals surface area contributed by atoms with E-state index in [0.29, 0.717) is 18.5 Å². The highest BCUT2D eigenvalue weighted by Gasteiger charge is 2.27. The van der Waals surface area contributed by atoms with Gasteiger partial charge in [0.2, 0.25) is 5.91 Å². The number of rotatable bonds is 9. The molecule has 0 spiro atoms. The van der Waals surface area contributed by atoms with E-state index in [1.807, 2.05) is 23.8 Å². The number of halogens is 1. The number of aliphatic carboxylic acids is 1. The largest absolute Gasteiger partial charge is 0.480 e. The second-order valence-electron chi connectivity index (χ2n) is 7.45. The molecule has 1 N–H and O–H groups in total. The second-order valence-corrected chi connectivity index (χ2v) is 7.45. The summed E-state index contributed by atoms with van der Waals surface area (Å²) in [7, 11) is 1.90. The van der Waals surface area contributed by atoms with Crippen LogP contribution in [0.25, 0.3) is 0 Å². The van der Waals surface area contributed by atoms with Crippen molar-refractivity contribution in [1.29, 1.82) is 0 Å². The molecule has 1 saturated heterocycles. The number of likely N-dealkylation sites (tertiary alicyclic amines) is 1. The number of amides is 1. The van der Waals surface area contributed by atoms with E-state index < -0.39 is 5.97 Å². The zero-order chi connectivity index (χ0) is 18.3. The molecular formula is C18H36ClN3O3. The molecule has 1 aliphatic rings. The third kappa shape index (κ3) is 8.38. The minimum atomic E-state index is -0.768. The first-order valence-electron chi connectivity index (χ1n) is 9.18. The fourth-order valence-electron chi connectivity index (χ4n) is 3.50. The van der Waals surface area contributed by atoms with Crippen LogP contribution in [0.5, 0.6) is 0 Å². The first kappa shape index (κ1) is 24.1. The molecule has 7 heteroatoms. The van der Waals surface area contributed by atoms with Gasteiger partial charge in [0, 0.05) is 32.2 Å². The highest BCUT2D eigenvalue weighted by atomic mass is 35.5. The van der Waals surface area contributed by atoms with Crippen LogP contribution in [0.2, 0.25) is 0 Å². The number of carboxylic acid groups (broad SMARTS) is 1. The number of carbonyl (C=O) groups excluding carboxylic acids is 1. The summed E-state index contributed by atoms with van der Waals surface area (Å²) < 4.78 is 0. The molecule has 0 aromatic carbocycles. The maximum Gasteiger partial charge on any atom is 0.317 e. The van der Waals surface area contributed by atoms with Gasteiger partial charge in [-0.1, -0.05) is 20.8 Å². The second kappa shape index (κ2) is 11.7. The van der Waals surface area contributed by atoms with Crippen LogP contribution in [0.4, 0.5) is 0 Å². The van der Waals surface area contributed by atoms with E-state index >= 15 is 0 Å². The Morgan fingerprint density at radius 1 is 1.20 bits per heavy atom. The van der Waals surface area contributed by atoms with Gasteiger partial charge in [-0.2, -0.15) is 0 Å². The Labute approximate surface area is 158 Å². The molecule has 1 fully saturated rings. The summed E-state index contributed by atoms with van der Waals surface area (Å²) >= 11 is 0. The lowest BCUT2D eigenvalue weighted by Crippen LogP contribution is -2.49. The molecule has 148 valence electrons. The number of hydrogen-bond donors (Lipinski definition) is 1. The molecule has 25 heavy (non-hydrogen) atoms. The third-order valence-electron chi connectivity index (χ3n) is 5.04. The third-order valence-corrected chi connectivity index (χ3v) is 5.04. The van der Waals surface area contributed by atoms with Crippen LogP contribution < -0.4 is 0 Å². The summed E-state index contributed by atoms with van der Waals surface area (Å²) in [6, 6.07) is 0.580. The van der Waals surface area contributed by atoms with Gasteiger partial charge in [-0.3, -0.25) is 19.4 Å². The van der Waals surface area contributed by atoms with E-state index in [-0.39, 0.29) is 30.9 Å². The number of piperidine rings is 1. The molecule has 0 aliphatic carbocycles. The van der Waals surface area contributed by atoms with Gasteiger partial charge in [-0.25, -0.2) is 0 Å². The number of carboxylic acids is 1. The van der Waals surface area contributed by atoms with Crippen molar-refractivity contribution < 1.29 is 14.7 Å². The Kier molecular flexibility index (Phi) is 11.3. The lowest BCUT2D eigenvalue weighted by Gasteiger charge is -2.38. The van der Waals surface area contributed by atoms with Crippen molar-refractivity contribution >= 4 is 24.3 Å². The highest BCUT2D eigenvalue weighted by Crippen LogP contribution is 2.17. The van der Waals surface area contributed by atoms with Crippen molar-refractivity contribution in [3.8, 4) is 0 Å². The van der Waals surface area contributed by atoms with Crippen LogP contribution >= 0.6 is 12.4 Å². The summed E-state index contributed by atoms with van der Waals surface area (Å²) in [4.78, 5) is 29.5. The van der Waals surface area contributed by atoms with Gasteiger partial charge < -0.3 is 10.0 Å². The Bertz CT molecular complexity index is 412. The molecule has 0 aromatic rings. The van der Waals surface area contributed by atoms with Crippen molar-refractivity contribution in [2.24, 2.45) is 5.92 Å². The Hall–Kier alpha value is -0.850. The summed E-state index contributed by atoms with van der Waals surface area (Å²) in [5.41, 5.74) is 0. The Balaban J connectivity index is 0.00000576. The van der Waals surface area contributed by atoms with Crippen LogP contribution in [0.1, 0.15) is 47.0 Å². The van der Waals surface area contributed by atoms with Crippen LogP contribution in [-0.4, -0.2) is 83.5 Å². The van der Waals surface area contributed by atoms with Crippen molar-refractivity contribution in [3.63, 3.8) is 0 Å². The maximum absolute atomic E-state index is 12.4. The molecule has 1 heterocycles. The van der Waals surface area contributed by atoms with E-state index in [0.717, 1.165) is 38.9 Å². The van der Waals surface area contributed by atoms with E-state index in [1.165, 1.54) is 0 Å². The van der Waals surface area contributed by atoms with Gasteiger partial charge in [0.25, 0.3) is 0 Å². The van der Waals surface area contributed by atoms with Crippen molar-refractivity contribution in [2.45, 2.75) is 59.0 Å². The van der Waals surface area contributed by atoms with Gasteiger partial charge in [-0.15, -0.1) is 12.4 Å². The van der Waals surface area contributed by atoms with Crippen molar-refractivity contribution in [1.82, 2.24) is 14.7 Å². The fourth-order valence-corrected chi connectivity index (χ4v) is 3.50. The highest BCUT2D eigenvalue weighted by molar-refractivity contribution is 5.85. The monoisotopic (exact) mass is 377 g/mol. The summed E-state index contributed by atoms with van der Waals surface area (Å²) in [5.74, 6) is -0.00466. The molecule has 1 unspecified atom stereocenters. The Morgan fingerprint density at radius 2 is 1.76 bits per heavy atom. The summed E-state index contributed by atoms with van der Waals surface area (Å²) in [6.07, 6.45) is 2.88. The van der Waals surface area contributed by atoms with Crippen molar-refractivity contribution in [2.75, 3.05) is 39.8 Å². The van der Waals surface area contributed by atoms with E-state index in [1.54, 1.807) is 0 Å².